The molecule has 4 heteroatoms. The van der Waals surface area contributed by atoms with E-state index in [4.69, 9.17) is 10.3 Å². The van der Waals surface area contributed by atoms with Crippen LogP contribution in [0.1, 0.15) is 18.4 Å². The van der Waals surface area contributed by atoms with Crippen LogP contribution in [-0.2, 0) is 0 Å². The van der Waals surface area contributed by atoms with E-state index in [0.29, 0.717) is 6.54 Å². The van der Waals surface area contributed by atoms with Crippen LogP contribution < -0.4 is 4.74 Å². The zero-order valence-electron chi connectivity index (χ0n) is 9.34. The summed E-state index contributed by atoms with van der Waals surface area (Å²) in [7, 11) is 1.65. The van der Waals surface area contributed by atoms with E-state index in [1.807, 2.05) is 24.3 Å². The molecule has 0 saturated carbocycles. The molecule has 16 heavy (non-hydrogen) atoms. The van der Waals surface area contributed by atoms with E-state index in [9.17, 15) is 0 Å². The van der Waals surface area contributed by atoms with Gasteiger partial charge in [0.2, 0.25) is 0 Å². The number of benzene rings is 1. The molecule has 84 valence electrons. The molecule has 1 aromatic rings. The van der Waals surface area contributed by atoms with Gasteiger partial charge in [0, 0.05) is 11.5 Å². The normalized spacial score (nSPS) is 10.1. The number of hydrogen-bond acceptors (Lipinski definition) is 2. The highest BCUT2D eigenvalue weighted by molar-refractivity contribution is 5.50. The van der Waals surface area contributed by atoms with E-state index in [-0.39, 0.29) is 0 Å². The summed E-state index contributed by atoms with van der Waals surface area (Å²) < 4.78 is 5.07. The SMILES string of the molecule is COc1ccc(/C=C\CCCN=[N+]=[N-])cc1. The second-order valence-corrected chi connectivity index (χ2v) is 3.27. The van der Waals surface area contributed by atoms with Gasteiger partial charge in [0.15, 0.2) is 0 Å². The summed E-state index contributed by atoms with van der Waals surface area (Å²) in [6, 6.07) is 7.87. The number of unbranched alkanes of at least 4 members (excludes halogenated alkanes) is 1. The second kappa shape index (κ2) is 7.37. The number of nitrogens with zero attached hydrogens (tertiary/aromatic N) is 3. The van der Waals surface area contributed by atoms with Gasteiger partial charge in [-0.2, -0.15) is 0 Å². The van der Waals surface area contributed by atoms with Crippen LogP contribution in [0.2, 0.25) is 0 Å². The first-order chi connectivity index (χ1) is 7.86. The predicted molar refractivity (Wildman–Crippen MR) is 65.3 cm³/mol. The Kier molecular flexibility index (Phi) is 5.59. The molecule has 0 aromatic heterocycles. The molecule has 0 unspecified atom stereocenters. The number of allylic oxidation sites excluding steroid dienone is 1. The molecule has 4 nitrogen and oxygen atoms in total. The Hall–Kier alpha value is -1.93. The average Bonchev–Trinajstić information content (AvgIpc) is 2.34. The molecule has 0 radical (unpaired) electrons. The van der Waals surface area contributed by atoms with E-state index < -0.39 is 0 Å². The highest BCUT2D eigenvalue weighted by Crippen LogP contribution is 2.12. The van der Waals surface area contributed by atoms with Gasteiger partial charge >= 0.3 is 0 Å². The Morgan fingerprint density at radius 1 is 1.38 bits per heavy atom. The minimum atomic E-state index is 0.559. The second-order valence-electron chi connectivity index (χ2n) is 3.27. The van der Waals surface area contributed by atoms with Crippen molar-refractivity contribution in [2.45, 2.75) is 12.8 Å². The molecule has 0 fully saturated rings. The van der Waals surface area contributed by atoms with E-state index in [1.165, 1.54) is 0 Å². The molecule has 0 amide bonds. The molecule has 1 rings (SSSR count). The van der Waals surface area contributed by atoms with Crippen molar-refractivity contribution in [3.63, 3.8) is 0 Å². The van der Waals surface area contributed by atoms with Gasteiger partial charge < -0.3 is 4.74 Å². The summed E-state index contributed by atoms with van der Waals surface area (Å²) in [5.41, 5.74) is 9.22. The highest BCUT2D eigenvalue weighted by atomic mass is 16.5. The third kappa shape index (κ3) is 4.53. The van der Waals surface area contributed by atoms with Crippen molar-refractivity contribution >= 4 is 6.08 Å². The molecule has 1 aromatic carbocycles. The quantitative estimate of drug-likeness (QED) is 0.309. The third-order valence-corrected chi connectivity index (χ3v) is 2.12. The third-order valence-electron chi connectivity index (χ3n) is 2.12. The zero-order valence-corrected chi connectivity index (χ0v) is 9.34. The van der Waals surface area contributed by atoms with Crippen molar-refractivity contribution in [3.05, 3.63) is 46.3 Å². The molecular weight excluding hydrogens is 202 g/mol. The lowest BCUT2D eigenvalue weighted by Crippen LogP contribution is -1.81. The maximum absolute atomic E-state index is 8.08. The van der Waals surface area contributed by atoms with Crippen LogP contribution in [0.25, 0.3) is 16.5 Å². The molecule has 0 aliphatic heterocycles. The maximum Gasteiger partial charge on any atom is 0.118 e. The van der Waals surface area contributed by atoms with Crippen LogP contribution in [0.3, 0.4) is 0 Å². The van der Waals surface area contributed by atoms with Crippen LogP contribution in [0.15, 0.2) is 35.5 Å². The number of hydrogen-bond donors (Lipinski definition) is 0. The summed E-state index contributed by atoms with van der Waals surface area (Å²) in [6.45, 7) is 0.559. The van der Waals surface area contributed by atoms with Gasteiger partial charge in [-0.1, -0.05) is 29.4 Å². The number of ether oxygens (including phenoxy) is 1. The fourth-order valence-electron chi connectivity index (χ4n) is 1.26. The Morgan fingerprint density at radius 3 is 2.75 bits per heavy atom. The average molecular weight is 217 g/mol. The minimum absolute atomic E-state index is 0.559. The van der Waals surface area contributed by atoms with Crippen molar-refractivity contribution < 1.29 is 4.74 Å². The Morgan fingerprint density at radius 2 is 2.12 bits per heavy atom. The van der Waals surface area contributed by atoms with E-state index >= 15 is 0 Å². The lowest BCUT2D eigenvalue weighted by atomic mass is 10.2. The van der Waals surface area contributed by atoms with E-state index in [0.717, 1.165) is 24.2 Å². The van der Waals surface area contributed by atoms with E-state index in [1.54, 1.807) is 7.11 Å². The summed E-state index contributed by atoms with van der Waals surface area (Å²) in [6.07, 6.45) is 5.94. The van der Waals surface area contributed by atoms with Crippen molar-refractivity contribution in [2.75, 3.05) is 13.7 Å². The largest absolute Gasteiger partial charge is 0.497 e. The fraction of sp³-hybridized carbons (Fsp3) is 0.333. The summed E-state index contributed by atoms with van der Waals surface area (Å²) in [5.74, 6) is 0.862. The monoisotopic (exact) mass is 217 g/mol. The first-order valence-electron chi connectivity index (χ1n) is 5.18. The molecule has 0 N–H and O–H groups in total. The van der Waals surface area contributed by atoms with Crippen molar-refractivity contribution in [1.82, 2.24) is 0 Å². The van der Waals surface area contributed by atoms with Gasteiger partial charge in [0.1, 0.15) is 5.75 Å². The van der Waals surface area contributed by atoms with Gasteiger partial charge in [-0.05, 0) is 36.1 Å². The molecule has 0 atom stereocenters. The molecule has 0 aliphatic rings. The van der Waals surface area contributed by atoms with Crippen LogP contribution in [0.4, 0.5) is 0 Å². The molecule has 0 spiro atoms. The predicted octanol–water partition coefficient (Wildman–Crippen LogP) is 3.80. The van der Waals surface area contributed by atoms with Gasteiger partial charge in [0.25, 0.3) is 0 Å². The van der Waals surface area contributed by atoms with Crippen molar-refractivity contribution in [1.29, 1.82) is 0 Å². The standard InChI is InChI=1S/C12H15N3O/c1-16-12-8-6-11(7-9-12)5-3-2-4-10-14-15-13/h3,5-9H,2,4,10H2,1H3/b5-3-. The van der Waals surface area contributed by atoms with Gasteiger partial charge in [-0.15, -0.1) is 0 Å². The first-order valence-corrected chi connectivity index (χ1v) is 5.18. The Balaban J connectivity index is 2.34. The lowest BCUT2D eigenvalue weighted by Gasteiger charge is -1.98. The molecule has 0 saturated heterocycles. The number of azide groups is 1. The Bertz CT molecular complexity index is 378. The topological polar surface area (TPSA) is 58.0 Å². The van der Waals surface area contributed by atoms with Crippen molar-refractivity contribution in [3.8, 4) is 5.75 Å². The molecule has 0 heterocycles. The smallest absolute Gasteiger partial charge is 0.118 e. The van der Waals surface area contributed by atoms with Crippen molar-refractivity contribution in [2.24, 2.45) is 5.11 Å². The van der Waals surface area contributed by atoms with Crippen LogP contribution >= 0.6 is 0 Å². The number of methoxy groups -OCH3 is 1. The summed E-state index contributed by atoms with van der Waals surface area (Å²) >= 11 is 0. The summed E-state index contributed by atoms with van der Waals surface area (Å²) in [5, 5.41) is 3.47. The fourth-order valence-corrected chi connectivity index (χ4v) is 1.26. The molecular formula is C12H15N3O. The van der Waals surface area contributed by atoms with Gasteiger partial charge in [-0.3, -0.25) is 0 Å². The molecule has 0 aliphatic carbocycles. The number of rotatable bonds is 6. The highest BCUT2D eigenvalue weighted by Gasteiger charge is 1.89. The van der Waals surface area contributed by atoms with Crippen LogP contribution in [-0.4, -0.2) is 13.7 Å². The summed E-state index contributed by atoms with van der Waals surface area (Å²) in [4.78, 5) is 2.70. The van der Waals surface area contributed by atoms with Gasteiger partial charge in [0.05, 0.1) is 7.11 Å². The lowest BCUT2D eigenvalue weighted by molar-refractivity contribution is 0.415. The zero-order chi connectivity index (χ0) is 11.6. The van der Waals surface area contributed by atoms with Crippen LogP contribution in [0, 0.1) is 0 Å². The first kappa shape index (κ1) is 12.1. The Labute approximate surface area is 95.2 Å². The maximum atomic E-state index is 8.08. The van der Waals surface area contributed by atoms with Crippen LogP contribution in [0.5, 0.6) is 5.75 Å². The minimum Gasteiger partial charge on any atom is -0.497 e. The van der Waals surface area contributed by atoms with E-state index in [2.05, 4.69) is 22.2 Å². The molecule has 0 bridgehead atoms. The van der Waals surface area contributed by atoms with Gasteiger partial charge in [-0.25, -0.2) is 0 Å².